The number of carbonyl (C=O) groups is 2. The molecule has 1 rings (SSSR count). The molecule has 1 aromatic carbocycles. The smallest absolute Gasteiger partial charge is 0.339 e. The first-order valence-electron chi connectivity index (χ1n) is 7.99. The number of rotatable bonds is 9. The van der Waals surface area contributed by atoms with Gasteiger partial charge in [-0.05, 0) is 31.4 Å². The van der Waals surface area contributed by atoms with Crippen molar-refractivity contribution in [3.05, 3.63) is 35.4 Å². The number of esters is 2. The predicted octanol–water partition coefficient (Wildman–Crippen LogP) is 4.24. The normalized spacial score (nSPS) is 10.5. The van der Waals surface area contributed by atoms with E-state index in [9.17, 15) is 9.59 Å². The third-order valence-corrected chi connectivity index (χ3v) is 3.30. The van der Waals surface area contributed by atoms with E-state index in [4.69, 9.17) is 9.47 Å². The number of hydrogen-bond donors (Lipinski definition) is 0. The Morgan fingerprint density at radius 1 is 0.955 bits per heavy atom. The summed E-state index contributed by atoms with van der Waals surface area (Å²) in [7, 11) is 0. The van der Waals surface area contributed by atoms with Gasteiger partial charge < -0.3 is 9.47 Å². The molecular weight excluding hydrogens is 280 g/mol. The lowest BCUT2D eigenvalue weighted by Crippen LogP contribution is -2.14. The first-order chi connectivity index (χ1) is 10.6. The van der Waals surface area contributed by atoms with E-state index in [0.717, 1.165) is 19.3 Å². The monoisotopic (exact) mass is 306 g/mol. The highest BCUT2D eigenvalue weighted by molar-refractivity contribution is 6.03. The van der Waals surface area contributed by atoms with Gasteiger partial charge in [-0.15, -0.1) is 0 Å². The Morgan fingerprint density at radius 2 is 1.55 bits per heavy atom. The molecule has 0 atom stereocenters. The van der Waals surface area contributed by atoms with Gasteiger partial charge in [0.15, 0.2) is 0 Å². The molecule has 0 amide bonds. The topological polar surface area (TPSA) is 52.6 Å². The summed E-state index contributed by atoms with van der Waals surface area (Å²) >= 11 is 0. The van der Waals surface area contributed by atoms with E-state index in [1.807, 2.05) is 0 Å². The van der Waals surface area contributed by atoms with Crippen molar-refractivity contribution >= 4 is 11.9 Å². The van der Waals surface area contributed by atoms with E-state index in [2.05, 4.69) is 13.8 Å². The van der Waals surface area contributed by atoms with Gasteiger partial charge in [0.1, 0.15) is 0 Å². The Kier molecular flexibility index (Phi) is 8.26. The first kappa shape index (κ1) is 18.2. The Balaban J connectivity index is 2.47. The van der Waals surface area contributed by atoms with Crippen LogP contribution in [0.5, 0.6) is 0 Å². The Labute approximate surface area is 132 Å². The van der Waals surface area contributed by atoms with Crippen LogP contribution >= 0.6 is 0 Å². The van der Waals surface area contributed by atoms with E-state index in [-0.39, 0.29) is 17.7 Å². The van der Waals surface area contributed by atoms with E-state index in [1.165, 1.54) is 6.42 Å². The van der Waals surface area contributed by atoms with Crippen LogP contribution in [-0.4, -0.2) is 25.2 Å². The van der Waals surface area contributed by atoms with Crippen LogP contribution in [0.3, 0.4) is 0 Å². The summed E-state index contributed by atoms with van der Waals surface area (Å²) in [6, 6.07) is 6.58. The lowest BCUT2D eigenvalue weighted by atomic mass is 10.1. The third-order valence-electron chi connectivity index (χ3n) is 3.30. The van der Waals surface area contributed by atoms with Crippen LogP contribution in [0.2, 0.25) is 0 Å². The Hall–Kier alpha value is -1.84. The van der Waals surface area contributed by atoms with Gasteiger partial charge in [0.2, 0.25) is 0 Å². The second kappa shape index (κ2) is 9.98. The maximum absolute atomic E-state index is 12.1. The van der Waals surface area contributed by atoms with Gasteiger partial charge in [0.25, 0.3) is 0 Å². The van der Waals surface area contributed by atoms with Gasteiger partial charge in [-0.25, -0.2) is 9.59 Å². The molecule has 0 heterocycles. The molecule has 0 fully saturated rings. The van der Waals surface area contributed by atoms with Gasteiger partial charge in [-0.1, -0.05) is 45.2 Å². The summed E-state index contributed by atoms with van der Waals surface area (Å²) in [6.07, 6.45) is 4.24. The van der Waals surface area contributed by atoms with Crippen molar-refractivity contribution in [2.45, 2.75) is 46.5 Å². The number of unbranched alkanes of at least 4 members (excludes halogenated alkanes) is 2. The molecule has 122 valence electrons. The zero-order chi connectivity index (χ0) is 16.4. The van der Waals surface area contributed by atoms with Crippen LogP contribution < -0.4 is 0 Å². The average Bonchev–Trinajstić information content (AvgIpc) is 2.50. The summed E-state index contributed by atoms with van der Waals surface area (Å²) in [5, 5.41) is 0. The number of carbonyl (C=O) groups excluding carboxylic acids is 2. The van der Waals surface area contributed by atoms with Crippen molar-refractivity contribution in [2.75, 3.05) is 13.2 Å². The summed E-state index contributed by atoms with van der Waals surface area (Å²) in [5.41, 5.74) is 0.525. The molecule has 4 nitrogen and oxygen atoms in total. The highest BCUT2D eigenvalue weighted by Crippen LogP contribution is 2.13. The van der Waals surface area contributed by atoms with Crippen molar-refractivity contribution in [1.82, 2.24) is 0 Å². The molecule has 0 unspecified atom stereocenters. The van der Waals surface area contributed by atoms with Crippen molar-refractivity contribution in [3.8, 4) is 0 Å². The Bertz CT molecular complexity index is 480. The van der Waals surface area contributed by atoms with E-state index < -0.39 is 11.9 Å². The van der Waals surface area contributed by atoms with Crippen molar-refractivity contribution in [3.63, 3.8) is 0 Å². The molecule has 0 aromatic heterocycles. The van der Waals surface area contributed by atoms with Crippen LogP contribution in [-0.2, 0) is 9.47 Å². The fourth-order valence-corrected chi connectivity index (χ4v) is 2.12. The van der Waals surface area contributed by atoms with Crippen LogP contribution in [0, 0.1) is 5.92 Å². The molecule has 1 aromatic rings. The van der Waals surface area contributed by atoms with Crippen LogP contribution in [0.15, 0.2) is 24.3 Å². The highest BCUT2D eigenvalue weighted by Gasteiger charge is 2.18. The third kappa shape index (κ3) is 6.29. The summed E-state index contributed by atoms with van der Waals surface area (Å²) < 4.78 is 10.2. The molecular formula is C18H26O4. The fourth-order valence-electron chi connectivity index (χ4n) is 2.12. The van der Waals surface area contributed by atoms with E-state index in [0.29, 0.717) is 12.5 Å². The molecule has 22 heavy (non-hydrogen) atoms. The molecule has 0 aliphatic rings. The summed E-state index contributed by atoms with van der Waals surface area (Å²) in [5.74, 6) is -0.251. The minimum atomic E-state index is -0.494. The molecule has 0 saturated carbocycles. The van der Waals surface area contributed by atoms with Gasteiger partial charge in [-0.2, -0.15) is 0 Å². The van der Waals surface area contributed by atoms with E-state index >= 15 is 0 Å². The maximum Gasteiger partial charge on any atom is 0.339 e. The summed E-state index contributed by atoms with van der Waals surface area (Å²) in [6.45, 7) is 6.79. The summed E-state index contributed by atoms with van der Waals surface area (Å²) in [4.78, 5) is 23.9. The Morgan fingerprint density at radius 3 is 2.09 bits per heavy atom. The lowest BCUT2D eigenvalue weighted by molar-refractivity contribution is 0.0462. The standard InChI is InChI=1S/C18H26O4/c1-4-21-17(19)15-11-7-8-12-16(15)18(20)22-13-9-5-6-10-14(2)3/h7-8,11-12,14H,4-6,9-10,13H2,1-3H3. The average molecular weight is 306 g/mol. The van der Waals surface area contributed by atoms with Gasteiger partial charge in [0.05, 0.1) is 24.3 Å². The second-order valence-electron chi connectivity index (χ2n) is 5.65. The van der Waals surface area contributed by atoms with E-state index in [1.54, 1.807) is 31.2 Å². The van der Waals surface area contributed by atoms with Crippen molar-refractivity contribution < 1.29 is 19.1 Å². The molecule has 0 aliphatic heterocycles. The lowest BCUT2D eigenvalue weighted by Gasteiger charge is -2.09. The SMILES string of the molecule is CCOC(=O)c1ccccc1C(=O)OCCCCCC(C)C. The maximum atomic E-state index is 12.1. The highest BCUT2D eigenvalue weighted by atomic mass is 16.5. The van der Waals surface area contributed by atoms with Gasteiger partial charge in [0, 0.05) is 0 Å². The van der Waals surface area contributed by atoms with Crippen LogP contribution in [0.1, 0.15) is 67.2 Å². The molecule has 0 spiro atoms. The molecule has 0 radical (unpaired) electrons. The fraction of sp³-hybridized carbons (Fsp3) is 0.556. The molecule has 0 saturated heterocycles. The quantitative estimate of drug-likeness (QED) is 0.506. The van der Waals surface area contributed by atoms with Gasteiger partial charge in [-0.3, -0.25) is 0 Å². The largest absolute Gasteiger partial charge is 0.462 e. The van der Waals surface area contributed by atoms with Crippen LogP contribution in [0.25, 0.3) is 0 Å². The van der Waals surface area contributed by atoms with Crippen LogP contribution in [0.4, 0.5) is 0 Å². The number of benzene rings is 1. The predicted molar refractivity (Wildman–Crippen MR) is 86.0 cm³/mol. The zero-order valence-electron chi connectivity index (χ0n) is 13.8. The molecule has 0 N–H and O–H groups in total. The first-order valence-corrected chi connectivity index (χ1v) is 7.99. The zero-order valence-corrected chi connectivity index (χ0v) is 13.8. The number of ether oxygens (including phenoxy) is 2. The number of hydrogen-bond acceptors (Lipinski definition) is 4. The molecule has 0 bridgehead atoms. The second-order valence-corrected chi connectivity index (χ2v) is 5.65. The molecule has 0 aliphatic carbocycles. The van der Waals surface area contributed by atoms with Crippen molar-refractivity contribution in [2.24, 2.45) is 5.92 Å². The molecule has 4 heteroatoms. The van der Waals surface area contributed by atoms with Crippen molar-refractivity contribution in [1.29, 1.82) is 0 Å². The van der Waals surface area contributed by atoms with Gasteiger partial charge >= 0.3 is 11.9 Å². The minimum Gasteiger partial charge on any atom is -0.462 e. The minimum absolute atomic E-state index is 0.258.